The maximum Gasteiger partial charge on any atom is 0.258 e. The molecule has 1 saturated heterocycles. The number of aromatic nitrogens is 1. The topological polar surface area (TPSA) is 119 Å². The van der Waals surface area contributed by atoms with Crippen molar-refractivity contribution in [3.05, 3.63) is 83.4 Å². The van der Waals surface area contributed by atoms with Crippen LogP contribution in [0.2, 0.25) is 0 Å². The van der Waals surface area contributed by atoms with Gasteiger partial charge in [-0.25, -0.2) is 4.39 Å². The predicted octanol–water partition coefficient (Wildman–Crippen LogP) is 2.26. The Kier molecular flexibility index (Phi) is 8.09. The number of ether oxygens (including phenoxy) is 3. The molecule has 2 aliphatic rings. The first-order chi connectivity index (χ1) is 19.4. The number of pyridine rings is 1. The number of benzene rings is 2. The third-order valence-corrected chi connectivity index (χ3v) is 6.79. The molecule has 0 radical (unpaired) electrons. The van der Waals surface area contributed by atoms with Gasteiger partial charge in [0, 0.05) is 50.1 Å². The molecule has 0 aliphatic carbocycles. The minimum atomic E-state index is -0.593. The van der Waals surface area contributed by atoms with Crippen molar-refractivity contribution in [2.45, 2.75) is 31.5 Å². The Morgan fingerprint density at radius 2 is 2.08 bits per heavy atom. The van der Waals surface area contributed by atoms with Crippen molar-refractivity contribution in [3.63, 3.8) is 0 Å². The molecule has 1 fully saturated rings. The van der Waals surface area contributed by atoms with Crippen LogP contribution in [-0.4, -0.2) is 66.6 Å². The molecule has 208 valence electrons. The summed E-state index contributed by atoms with van der Waals surface area (Å²) in [6.07, 6.45) is 3.33. The number of fused-ring (bicyclic) bond motifs is 5. The average molecular weight is 549 g/mol. The quantitative estimate of drug-likeness (QED) is 0.516. The van der Waals surface area contributed by atoms with E-state index in [0.29, 0.717) is 24.3 Å². The molecule has 11 heteroatoms. The Morgan fingerprint density at radius 1 is 1.20 bits per heavy atom. The third kappa shape index (κ3) is 6.48. The van der Waals surface area contributed by atoms with Gasteiger partial charge in [0.2, 0.25) is 5.91 Å². The minimum Gasteiger partial charge on any atom is -0.493 e. The number of likely N-dealkylation sites (tertiary alicyclic amines) is 1. The zero-order chi connectivity index (χ0) is 28.1. The molecule has 3 aromatic rings. The van der Waals surface area contributed by atoms with E-state index in [1.54, 1.807) is 41.6 Å². The fraction of sp³-hybridized carbons (Fsp3) is 0.310. The van der Waals surface area contributed by atoms with Crippen molar-refractivity contribution in [3.8, 4) is 17.2 Å². The van der Waals surface area contributed by atoms with Crippen molar-refractivity contribution in [2.24, 2.45) is 0 Å². The second kappa shape index (κ2) is 12.0. The molecule has 0 spiro atoms. The second-order valence-corrected chi connectivity index (χ2v) is 9.63. The largest absolute Gasteiger partial charge is 0.493 e. The molecule has 4 bridgehead atoms. The standard InChI is InChI=1S/C29H29FN4O6/c1-38-25-5-4-20-12-26(25)39-17-27(35)32-15-19-9-21(30)13-22(10-19)40-24-6-8-34(16-23(24)33-29(20)37)28(36)11-18-3-2-7-31-14-18/h2-5,7,9-10,12-14,23-24H,6,8,11,15-17H2,1H3,(H,32,35)(H,33,37)/t23-,24+/m0/s1. The second-order valence-electron chi connectivity index (χ2n) is 9.63. The number of nitrogens with one attached hydrogen (secondary N) is 2. The minimum absolute atomic E-state index is 0.0644. The Labute approximate surface area is 230 Å². The number of hydrogen-bond acceptors (Lipinski definition) is 7. The molecule has 2 aliphatic heterocycles. The molecule has 5 rings (SSSR count). The number of carbonyl (C=O) groups is 3. The molecule has 2 atom stereocenters. The van der Waals surface area contributed by atoms with Gasteiger partial charge in [-0.3, -0.25) is 19.4 Å². The highest BCUT2D eigenvalue weighted by molar-refractivity contribution is 5.95. The van der Waals surface area contributed by atoms with Crippen LogP contribution in [0.25, 0.3) is 0 Å². The molecule has 2 N–H and O–H groups in total. The molecule has 2 aromatic carbocycles. The molecular weight excluding hydrogens is 519 g/mol. The van der Waals surface area contributed by atoms with E-state index < -0.39 is 29.8 Å². The molecule has 3 heterocycles. The van der Waals surface area contributed by atoms with E-state index in [0.717, 1.165) is 5.56 Å². The smallest absolute Gasteiger partial charge is 0.258 e. The van der Waals surface area contributed by atoms with Crippen molar-refractivity contribution < 1.29 is 33.0 Å². The van der Waals surface area contributed by atoms with Crippen molar-refractivity contribution in [2.75, 3.05) is 26.8 Å². The van der Waals surface area contributed by atoms with Gasteiger partial charge in [-0.1, -0.05) is 6.07 Å². The van der Waals surface area contributed by atoms with Gasteiger partial charge >= 0.3 is 0 Å². The number of nitrogens with zero attached hydrogens (tertiary/aromatic N) is 2. The van der Waals surface area contributed by atoms with E-state index in [2.05, 4.69) is 15.6 Å². The summed E-state index contributed by atoms with van der Waals surface area (Å²) in [5.41, 5.74) is 1.56. The number of piperidine rings is 1. The Morgan fingerprint density at radius 3 is 2.88 bits per heavy atom. The van der Waals surface area contributed by atoms with E-state index >= 15 is 0 Å². The summed E-state index contributed by atoms with van der Waals surface area (Å²) in [6, 6.07) is 11.9. The zero-order valence-electron chi connectivity index (χ0n) is 21.9. The van der Waals surface area contributed by atoms with Crippen molar-refractivity contribution in [1.82, 2.24) is 20.5 Å². The molecule has 1 aromatic heterocycles. The number of carbonyl (C=O) groups excluding carboxylic acids is 3. The first-order valence-electron chi connectivity index (χ1n) is 12.9. The van der Waals surface area contributed by atoms with E-state index in [9.17, 15) is 18.8 Å². The van der Waals surface area contributed by atoms with Crippen LogP contribution in [0.15, 0.2) is 60.9 Å². The monoisotopic (exact) mass is 548 g/mol. The molecule has 10 nitrogen and oxygen atoms in total. The first-order valence-corrected chi connectivity index (χ1v) is 12.9. The van der Waals surface area contributed by atoms with Gasteiger partial charge in [0.15, 0.2) is 18.1 Å². The summed E-state index contributed by atoms with van der Waals surface area (Å²) in [5, 5.41) is 5.68. The summed E-state index contributed by atoms with van der Waals surface area (Å²) in [7, 11) is 1.45. The van der Waals surface area contributed by atoms with Crippen LogP contribution >= 0.6 is 0 Å². The number of hydrogen-bond donors (Lipinski definition) is 2. The Hall–Kier alpha value is -4.67. The maximum absolute atomic E-state index is 14.5. The van der Waals surface area contributed by atoms with Crippen LogP contribution in [0.5, 0.6) is 17.2 Å². The molecule has 3 amide bonds. The highest BCUT2D eigenvalue weighted by atomic mass is 19.1. The average Bonchev–Trinajstić information content (AvgIpc) is 2.95. The fourth-order valence-corrected chi connectivity index (χ4v) is 4.77. The summed E-state index contributed by atoms with van der Waals surface area (Å²) < 4.78 is 31.6. The van der Waals surface area contributed by atoms with Crippen LogP contribution in [0.3, 0.4) is 0 Å². The van der Waals surface area contributed by atoms with E-state index in [-0.39, 0.29) is 49.1 Å². The molecular formula is C29H29FN4O6. The third-order valence-electron chi connectivity index (χ3n) is 6.79. The summed E-state index contributed by atoms with van der Waals surface area (Å²) in [4.78, 5) is 44.6. The van der Waals surface area contributed by atoms with Crippen LogP contribution < -0.4 is 24.8 Å². The molecule has 0 unspecified atom stereocenters. The van der Waals surface area contributed by atoms with Gasteiger partial charge in [0.05, 0.1) is 19.6 Å². The van der Waals surface area contributed by atoms with Gasteiger partial charge < -0.3 is 29.7 Å². The summed E-state index contributed by atoms with van der Waals surface area (Å²) >= 11 is 0. The predicted molar refractivity (Wildman–Crippen MR) is 142 cm³/mol. The van der Waals surface area contributed by atoms with E-state index in [1.807, 2.05) is 6.07 Å². The Balaban J connectivity index is 1.43. The van der Waals surface area contributed by atoms with E-state index in [1.165, 1.54) is 25.3 Å². The zero-order valence-corrected chi connectivity index (χ0v) is 21.9. The lowest BCUT2D eigenvalue weighted by molar-refractivity contribution is -0.133. The van der Waals surface area contributed by atoms with Gasteiger partial charge in [-0.2, -0.15) is 0 Å². The Bertz CT molecular complexity index is 1400. The highest BCUT2D eigenvalue weighted by Gasteiger charge is 2.34. The number of rotatable bonds is 3. The number of halogens is 1. The first kappa shape index (κ1) is 26.9. The van der Waals surface area contributed by atoms with Crippen LogP contribution in [-0.2, 0) is 22.6 Å². The van der Waals surface area contributed by atoms with Crippen molar-refractivity contribution >= 4 is 17.7 Å². The van der Waals surface area contributed by atoms with Crippen LogP contribution in [0.1, 0.15) is 27.9 Å². The molecule has 40 heavy (non-hydrogen) atoms. The van der Waals surface area contributed by atoms with Gasteiger partial charge in [0.25, 0.3) is 11.8 Å². The normalized spacial score (nSPS) is 19.3. The van der Waals surface area contributed by atoms with Crippen molar-refractivity contribution in [1.29, 1.82) is 0 Å². The number of methoxy groups -OCH3 is 1. The summed E-state index contributed by atoms with van der Waals surface area (Å²) in [6.45, 7) is 0.329. The van der Waals surface area contributed by atoms with Gasteiger partial charge in [-0.05, 0) is 47.5 Å². The maximum atomic E-state index is 14.5. The lowest BCUT2D eigenvalue weighted by Crippen LogP contribution is -2.58. The van der Waals surface area contributed by atoms with E-state index in [4.69, 9.17) is 14.2 Å². The fourth-order valence-electron chi connectivity index (χ4n) is 4.77. The van der Waals surface area contributed by atoms with Gasteiger partial charge in [-0.15, -0.1) is 0 Å². The highest BCUT2D eigenvalue weighted by Crippen LogP contribution is 2.29. The van der Waals surface area contributed by atoms with Crippen LogP contribution in [0, 0.1) is 5.82 Å². The summed E-state index contributed by atoms with van der Waals surface area (Å²) in [5.74, 6) is -0.649. The lowest BCUT2D eigenvalue weighted by Gasteiger charge is -2.39. The lowest BCUT2D eigenvalue weighted by atomic mass is 10.00. The SMILES string of the molecule is COc1ccc2cc1OCC(=O)NCc1cc(F)cc(c1)O[C@@H]1CCN(C(=O)Cc3cccnc3)C[C@@H]1NC2=O. The van der Waals surface area contributed by atoms with Gasteiger partial charge in [0.1, 0.15) is 17.7 Å². The van der Waals surface area contributed by atoms with Crippen LogP contribution in [0.4, 0.5) is 4.39 Å². The molecule has 0 saturated carbocycles. The number of amides is 3.